The zero-order valence-corrected chi connectivity index (χ0v) is 21.4. The van der Waals surface area contributed by atoms with E-state index < -0.39 is 38.8 Å². The SMILES string of the molecule is Cc1c(F)cccc1S(=O)(=O)Nc1ccc(F)c(Nc2ncnc3ccc(-n4cnc5ccccc54)nc23)c1F. The van der Waals surface area contributed by atoms with E-state index in [-0.39, 0.29) is 21.8 Å². The summed E-state index contributed by atoms with van der Waals surface area (Å²) in [6.07, 6.45) is 2.80. The molecule has 3 aromatic carbocycles. The molecule has 40 heavy (non-hydrogen) atoms. The van der Waals surface area contributed by atoms with Crippen molar-refractivity contribution in [2.24, 2.45) is 0 Å². The number of para-hydroxylation sites is 2. The molecule has 0 spiro atoms. The minimum atomic E-state index is -4.40. The summed E-state index contributed by atoms with van der Waals surface area (Å²) in [6, 6.07) is 16.2. The number of rotatable bonds is 6. The van der Waals surface area contributed by atoms with Gasteiger partial charge in [-0.25, -0.2) is 41.5 Å². The van der Waals surface area contributed by atoms with Gasteiger partial charge in [-0.3, -0.25) is 9.29 Å². The maximum atomic E-state index is 15.5. The van der Waals surface area contributed by atoms with Crippen molar-refractivity contribution in [3.8, 4) is 5.82 Å². The first-order valence-corrected chi connectivity index (χ1v) is 13.3. The first-order valence-electron chi connectivity index (χ1n) is 11.8. The third-order valence-electron chi connectivity index (χ3n) is 6.25. The van der Waals surface area contributed by atoms with Gasteiger partial charge in [0.2, 0.25) is 0 Å². The van der Waals surface area contributed by atoms with Gasteiger partial charge in [-0.1, -0.05) is 18.2 Å². The van der Waals surface area contributed by atoms with E-state index in [4.69, 9.17) is 0 Å². The monoisotopic (exact) mass is 561 g/mol. The molecule has 0 saturated heterocycles. The van der Waals surface area contributed by atoms with Crippen LogP contribution in [0.25, 0.3) is 27.9 Å². The average molecular weight is 562 g/mol. The molecule has 13 heteroatoms. The van der Waals surface area contributed by atoms with Gasteiger partial charge >= 0.3 is 0 Å². The van der Waals surface area contributed by atoms with Crippen LogP contribution in [0.4, 0.5) is 30.4 Å². The number of benzene rings is 3. The second-order valence-electron chi connectivity index (χ2n) is 8.74. The van der Waals surface area contributed by atoms with Crippen LogP contribution in [-0.4, -0.2) is 32.9 Å². The number of hydrogen-bond acceptors (Lipinski definition) is 7. The lowest BCUT2D eigenvalue weighted by Gasteiger charge is -2.15. The summed E-state index contributed by atoms with van der Waals surface area (Å²) in [7, 11) is -4.40. The molecule has 0 aliphatic carbocycles. The van der Waals surface area contributed by atoms with Crippen LogP contribution in [0.1, 0.15) is 5.56 Å². The van der Waals surface area contributed by atoms with Gasteiger partial charge in [-0.2, -0.15) is 0 Å². The Kier molecular flexibility index (Phi) is 6.07. The largest absolute Gasteiger partial charge is 0.333 e. The predicted molar refractivity (Wildman–Crippen MR) is 144 cm³/mol. The normalized spacial score (nSPS) is 11.7. The summed E-state index contributed by atoms with van der Waals surface area (Å²) >= 11 is 0. The molecule has 9 nitrogen and oxygen atoms in total. The summed E-state index contributed by atoms with van der Waals surface area (Å²) in [5, 5.41) is 2.60. The average Bonchev–Trinajstić information content (AvgIpc) is 3.38. The Morgan fingerprint density at radius 3 is 2.50 bits per heavy atom. The fraction of sp³-hybridized carbons (Fsp3) is 0.0370. The predicted octanol–water partition coefficient (Wildman–Crippen LogP) is 5.63. The quantitative estimate of drug-likeness (QED) is 0.271. The zero-order valence-electron chi connectivity index (χ0n) is 20.6. The van der Waals surface area contributed by atoms with E-state index in [2.05, 4.69) is 30.0 Å². The number of anilines is 3. The molecule has 0 aliphatic rings. The van der Waals surface area contributed by atoms with Gasteiger partial charge in [0, 0.05) is 5.56 Å². The molecule has 2 N–H and O–H groups in total. The first kappa shape index (κ1) is 25.2. The number of fused-ring (bicyclic) bond motifs is 2. The molecule has 3 aromatic heterocycles. The van der Waals surface area contributed by atoms with Gasteiger partial charge in [-0.05, 0) is 55.5 Å². The Hall–Kier alpha value is -5.04. The van der Waals surface area contributed by atoms with E-state index in [1.165, 1.54) is 25.4 Å². The van der Waals surface area contributed by atoms with Gasteiger partial charge in [-0.15, -0.1) is 0 Å². The molecule has 200 valence electrons. The lowest BCUT2D eigenvalue weighted by molar-refractivity contribution is 0.585. The molecule has 0 saturated carbocycles. The highest BCUT2D eigenvalue weighted by Crippen LogP contribution is 2.32. The number of imidazole rings is 1. The second kappa shape index (κ2) is 9.61. The third-order valence-corrected chi connectivity index (χ3v) is 7.76. The summed E-state index contributed by atoms with van der Waals surface area (Å²) in [5.41, 5.74) is 0.787. The van der Waals surface area contributed by atoms with E-state index in [1.807, 2.05) is 24.3 Å². The number of aromatic nitrogens is 5. The lowest BCUT2D eigenvalue weighted by Crippen LogP contribution is -2.16. The Morgan fingerprint density at radius 2 is 1.65 bits per heavy atom. The molecule has 0 bridgehead atoms. The van der Waals surface area contributed by atoms with Gasteiger partial charge in [0.1, 0.15) is 41.3 Å². The minimum absolute atomic E-state index is 0.0185. The van der Waals surface area contributed by atoms with Crippen LogP contribution < -0.4 is 10.0 Å². The van der Waals surface area contributed by atoms with Crippen molar-refractivity contribution in [1.82, 2.24) is 24.5 Å². The molecule has 6 rings (SSSR count). The van der Waals surface area contributed by atoms with Crippen molar-refractivity contribution in [2.45, 2.75) is 11.8 Å². The van der Waals surface area contributed by atoms with Gasteiger partial charge in [0.25, 0.3) is 10.0 Å². The van der Waals surface area contributed by atoms with E-state index in [0.717, 1.165) is 29.2 Å². The first-order chi connectivity index (χ1) is 19.2. The Balaban J connectivity index is 1.39. The highest BCUT2D eigenvalue weighted by Gasteiger charge is 2.23. The summed E-state index contributed by atoms with van der Waals surface area (Å²) in [5.74, 6) is -2.54. The third kappa shape index (κ3) is 4.35. The number of pyridine rings is 1. The molecule has 0 unspecified atom stereocenters. The molecule has 3 heterocycles. The number of nitrogens with zero attached hydrogens (tertiary/aromatic N) is 5. The fourth-order valence-corrected chi connectivity index (χ4v) is 5.56. The van der Waals surface area contributed by atoms with Gasteiger partial charge in [0.15, 0.2) is 11.6 Å². The number of sulfonamides is 1. The maximum absolute atomic E-state index is 15.5. The number of halogens is 3. The standard InChI is InChI=1S/C27H18F3N7O2S/c1-15-16(28)5-4-8-22(15)40(38,39)36-19-10-9-17(29)25(24(19)30)35-27-26-20(31-13-32-27)11-12-23(34-26)37-14-33-18-6-2-3-7-21(18)37/h2-14,36H,1H3,(H,31,32,35). The molecular formula is C27H18F3N7O2S. The summed E-state index contributed by atoms with van der Waals surface area (Å²) < 4.78 is 74.0. The molecule has 0 aliphatic heterocycles. The Bertz CT molecular complexity index is 2050. The molecule has 0 radical (unpaired) electrons. The topological polar surface area (TPSA) is 115 Å². The highest BCUT2D eigenvalue weighted by atomic mass is 32.2. The van der Waals surface area contributed by atoms with Crippen molar-refractivity contribution in [3.05, 3.63) is 102 Å². The van der Waals surface area contributed by atoms with Crippen LogP contribution in [0.15, 0.2) is 84.3 Å². The van der Waals surface area contributed by atoms with Crippen LogP contribution >= 0.6 is 0 Å². The molecular weight excluding hydrogens is 543 g/mol. The number of hydrogen-bond donors (Lipinski definition) is 2. The van der Waals surface area contributed by atoms with Crippen molar-refractivity contribution >= 4 is 49.3 Å². The molecule has 6 aromatic rings. The van der Waals surface area contributed by atoms with Gasteiger partial charge in [0.05, 0.1) is 27.1 Å². The van der Waals surface area contributed by atoms with Crippen LogP contribution in [0.5, 0.6) is 0 Å². The summed E-state index contributed by atoms with van der Waals surface area (Å²) in [6.45, 7) is 1.28. The second-order valence-corrected chi connectivity index (χ2v) is 10.4. The maximum Gasteiger partial charge on any atom is 0.262 e. The minimum Gasteiger partial charge on any atom is -0.333 e. The smallest absolute Gasteiger partial charge is 0.262 e. The fourth-order valence-electron chi connectivity index (χ4n) is 4.24. The Morgan fingerprint density at radius 1 is 0.825 bits per heavy atom. The molecule has 0 fully saturated rings. The lowest BCUT2D eigenvalue weighted by atomic mass is 10.2. The van der Waals surface area contributed by atoms with E-state index in [9.17, 15) is 17.2 Å². The van der Waals surface area contributed by atoms with Gasteiger partial charge < -0.3 is 5.32 Å². The highest BCUT2D eigenvalue weighted by molar-refractivity contribution is 7.92. The molecule has 0 amide bonds. The van der Waals surface area contributed by atoms with E-state index >= 15 is 4.39 Å². The van der Waals surface area contributed by atoms with Crippen molar-refractivity contribution < 1.29 is 21.6 Å². The van der Waals surface area contributed by atoms with Crippen molar-refractivity contribution in [3.63, 3.8) is 0 Å². The zero-order chi connectivity index (χ0) is 28.0. The van der Waals surface area contributed by atoms with Crippen LogP contribution in [0, 0.1) is 24.4 Å². The Labute approximate surface area is 225 Å². The van der Waals surface area contributed by atoms with E-state index in [1.54, 1.807) is 23.0 Å². The van der Waals surface area contributed by atoms with Crippen LogP contribution in [0.2, 0.25) is 0 Å². The van der Waals surface area contributed by atoms with Crippen molar-refractivity contribution in [2.75, 3.05) is 10.0 Å². The van der Waals surface area contributed by atoms with Crippen molar-refractivity contribution in [1.29, 1.82) is 0 Å². The van der Waals surface area contributed by atoms with Crippen LogP contribution in [-0.2, 0) is 10.0 Å². The van der Waals surface area contributed by atoms with Crippen LogP contribution in [0.3, 0.4) is 0 Å². The van der Waals surface area contributed by atoms with E-state index in [0.29, 0.717) is 11.3 Å². The summed E-state index contributed by atoms with van der Waals surface area (Å²) in [4.78, 5) is 16.9. The molecule has 0 atom stereocenters. The number of nitrogens with one attached hydrogen (secondary N) is 2.